The number of hydrogen-bond acceptors (Lipinski definition) is 3. The second-order valence-corrected chi connectivity index (χ2v) is 28.6. The SMILES string of the molecule is C[S][Ge]([S]C)([S]C)[c]1ccccc1. The predicted octanol–water partition coefficient (Wildman–Crippen LogP) is 2.92. The van der Waals surface area contributed by atoms with E-state index in [0.717, 1.165) is 0 Å². The Balaban J connectivity index is 3.01. The van der Waals surface area contributed by atoms with E-state index in [1.54, 1.807) is 4.40 Å². The Morgan fingerprint density at radius 3 is 1.69 bits per heavy atom. The van der Waals surface area contributed by atoms with Crippen molar-refractivity contribution in [3.8, 4) is 0 Å². The molecule has 0 aliphatic carbocycles. The van der Waals surface area contributed by atoms with Gasteiger partial charge in [0, 0.05) is 0 Å². The number of benzene rings is 1. The zero-order valence-electron chi connectivity index (χ0n) is 8.11. The molecule has 4 heteroatoms. The molecule has 0 aromatic heterocycles. The van der Waals surface area contributed by atoms with E-state index in [0.29, 0.717) is 0 Å². The quantitative estimate of drug-likeness (QED) is 0.783. The van der Waals surface area contributed by atoms with Crippen molar-refractivity contribution in [3.05, 3.63) is 30.3 Å². The first-order chi connectivity index (χ1) is 6.29. The number of rotatable bonds is 4. The maximum absolute atomic E-state index is 2.28. The van der Waals surface area contributed by atoms with Crippen molar-refractivity contribution in [1.82, 2.24) is 0 Å². The van der Waals surface area contributed by atoms with Gasteiger partial charge in [-0.2, -0.15) is 0 Å². The third-order valence-corrected chi connectivity index (χ3v) is 35.1. The summed E-state index contributed by atoms with van der Waals surface area (Å²) in [7, 11) is 4.38. The first-order valence-electron chi connectivity index (χ1n) is 4.00. The third-order valence-electron chi connectivity index (χ3n) is 1.93. The fourth-order valence-corrected chi connectivity index (χ4v) is 21.2. The van der Waals surface area contributed by atoms with Crippen LogP contribution < -0.4 is 4.40 Å². The monoisotopic (exact) mass is 292 g/mol. The van der Waals surface area contributed by atoms with E-state index < -0.39 is 9.84 Å². The number of hydrogen-bond donors (Lipinski definition) is 0. The van der Waals surface area contributed by atoms with E-state index >= 15 is 0 Å². The van der Waals surface area contributed by atoms with E-state index in [1.165, 1.54) is 0 Å². The van der Waals surface area contributed by atoms with Crippen LogP contribution in [0.1, 0.15) is 0 Å². The molecule has 0 radical (unpaired) electrons. The molecule has 0 unspecified atom stereocenters. The van der Waals surface area contributed by atoms with Crippen molar-refractivity contribution >= 4 is 44.5 Å². The van der Waals surface area contributed by atoms with E-state index in [2.05, 4.69) is 79.4 Å². The van der Waals surface area contributed by atoms with Crippen molar-refractivity contribution in [2.45, 2.75) is 0 Å². The normalized spacial score (nSPS) is 11.6. The molecule has 0 saturated heterocycles. The van der Waals surface area contributed by atoms with Crippen LogP contribution in [0.4, 0.5) is 0 Å². The van der Waals surface area contributed by atoms with Crippen molar-refractivity contribution in [1.29, 1.82) is 0 Å². The summed E-state index contributed by atoms with van der Waals surface area (Å²) in [4.78, 5) is 0. The molecule has 0 amide bonds. The van der Waals surface area contributed by atoms with Crippen LogP contribution in [0.25, 0.3) is 0 Å². The zero-order chi connectivity index (χ0) is 9.73. The molecule has 72 valence electrons. The summed E-state index contributed by atoms with van der Waals surface area (Å²) < 4.78 is 1.58. The van der Waals surface area contributed by atoms with Crippen molar-refractivity contribution < 1.29 is 0 Å². The van der Waals surface area contributed by atoms with Crippen LogP contribution in [0.5, 0.6) is 0 Å². The molecule has 1 rings (SSSR count). The molecule has 0 fully saturated rings. The summed E-state index contributed by atoms with van der Waals surface area (Å²) in [6.45, 7) is 0. The van der Waals surface area contributed by atoms with Gasteiger partial charge in [0.05, 0.1) is 0 Å². The van der Waals surface area contributed by atoms with Gasteiger partial charge in [0.15, 0.2) is 0 Å². The van der Waals surface area contributed by atoms with Crippen LogP contribution in [0.15, 0.2) is 30.3 Å². The van der Waals surface area contributed by atoms with Gasteiger partial charge in [-0.1, -0.05) is 0 Å². The van der Waals surface area contributed by atoms with Gasteiger partial charge < -0.3 is 0 Å². The molecule has 0 atom stereocenters. The summed E-state index contributed by atoms with van der Waals surface area (Å²) in [6, 6.07) is 11.0. The minimum atomic E-state index is -1.87. The zero-order valence-corrected chi connectivity index (χ0v) is 12.7. The molecule has 0 heterocycles. The molecule has 1 aromatic carbocycles. The molecule has 0 nitrogen and oxygen atoms in total. The molecule has 13 heavy (non-hydrogen) atoms. The summed E-state index contributed by atoms with van der Waals surface area (Å²) >= 11 is 0. The van der Waals surface area contributed by atoms with Crippen LogP contribution >= 0.6 is 30.3 Å². The van der Waals surface area contributed by atoms with Crippen molar-refractivity contribution in [2.24, 2.45) is 0 Å². The molecule has 0 spiro atoms. The van der Waals surface area contributed by atoms with Gasteiger partial charge in [0.2, 0.25) is 0 Å². The van der Waals surface area contributed by atoms with Crippen LogP contribution in [0, 0.1) is 0 Å². The molecule has 1 aromatic rings. The Morgan fingerprint density at radius 1 is 0.846 bits per heavy atom. The fourth-order valence-electron chi connectivity index (χ4n) is 1.25. The van der Waals surface area contributed by atoms with Gasteiger partial charge in [-0.3, -0.25) is 0 Å². The molecule has 0 aliphatic rings. The van der Waals surface area contributed by atoms with E-state index in [-0.39, 0.29) is 0 Å². The summed E-state index contributed by atoms with van der Waals surface area (Å²) in [5.41, 5.74) is 0. The van der Waals surface area contributed by atoms with Crippen LogP contribution in [0.2, 0.25) is 0 Å². The predicted molar refractivity (Wildman–Crippen MR) is 72.4 cm³/mol. The Hall–Kier alpha value is 0.813. The fraction of sp³-hybridized carbons (Fsp3) is 0.333. The minimum absolute atomic E-state index is 1.58. The topological polar surface area (TPSA) is 0 Å². The van der Waals surface area contributed by atoms with E-state index in [4.69, 9.17) is 0 Å². The Kier molecular flexibility index (Phi) is 5.15. The van der Waals surface area contributed by atoms with Crippen molar-refractivity contribution in [2.75, 3.05) is 18.8 Å². The molecular weight excluding hydrogens is 277 g/mol. The van der Waals surface area contributed by atoms with Gasteiger partial charge in [0.1, 0.15) is 0 Å². The Bertz CT molecular complexity index is 238. The van der Waals surface area contributed by atoms with Crippen LogP contribution in [0.3, 0.4) is 0 Å². The summed E-state index contributed by atoms with van der Waals surface area (Å²) in [5, 5.41) is 0. The van der Waals surface area contributed by atoms with Gasteiger partial charge in [0.25, 0.3) is 0 Å². The van der Waals surface area contributed by atoms with Gasteiger partial charge in [-0.15, -0.1) is 0 Å². The van der Waals surface area contributed by atoms with Gasteiger partial charge >= 0.3 is 93.6 Å². The maximum atomic E-state index is 2.28. The molecule has 0 saturated carbocycles. The van der Waals surface area contributed by atoms with E-state index in [1.807, 2.05) is 0 Å². The van der Waals surface area contributed by atoms with E-state index in [9.17, 15) is 0 Å². The molecule has 0 N–H and O–H groups in total. The van der Waals surface area contributed by atoms with Gasteiger partial charge in [-0.05, 0) is 0 Å². The average Bonchev–Trinajstić information content (AvgIpc) is 2.23. The first kappa shape index (κ1) is 11.9. The molecule has 0 bridgehead atoms. The molecule has 0 aliphatic heterocycles. The van der Waals surface area contributed by atoms with Crippen LogP contribution in [-0.4, -0.2) is 28.6 Å². The summed E-state index contributed by atoms with van der Waals surface area (Å²) in [5.74, 6) is 0. The average molecular weight is 291 g/mol. The third kappa shape index (κ3) is 2.64. The second-order valence-electron chi connectivity index (χ2n) is 2.53. The van der Waals surface area contributed by atoms with Gasteiger partial charge in [-0.25, -0.2) is 0 Å². The Morgan fingerprint density at radius 2 is 1.31 bits per heavy atom. The second kappa shape index (κ2) is 5.63. The first-order valence-corrected chi connectivity index (χ1v) is 16.4. The Labute approximate surface area is 93.1 Å². The summed E-state index contributed by atoms with van der Waals surface area (Å²) in [6.07, 6.45) is 6.75. The molecular formula is C9H14GeS3. The van der Waals surface area contributed by atoms with Crippen LogP contribution in [-0.2, 0) is 0 Å². The standard InChI is InChI=1S/C9H14GeS3/c1-11-10(12-2,13-3)9-7-5-4-6-8-9/h4-8H,1-3H3. The van der Waals surface area contributed by atoms with Crippen molar-refractivity contribution in [3.63, 3.8) is 0 Å².